The van der Waals surface area contributed by atoms with Crippen molar-refractivity contribution in [1.82, 2.24) is 24.8 Å². The molecule has 0 radical (unpaired) electrons. The second kappa shape index (κ2) is 13.2. The molecule has 0 saturated heterocycles. The normalized spacial score (nSPS) is 11.9. The molecule has 1 unspecified atom stereocenters. The molecule has 6 rings (SSSR count). The van der Waals surface area contributed by atoms with Crippen molar-refractivity contribution < 1.29 is 4.74 Å². The molecule has 0 spiro atoms. The smallest absolute Gasteiger partial charge is 0.233 e. The number of nitrogens with zero attached hydrogens (tertiary/aromatic N) is 5. The molecule has 0 amide bonds. The molecule has 0 aliphatic carbocycles. The van der Waals surface area contributed by atoms with Crippen LogP contribution in [0.5, 0.6) is 5.75 Å². The van der Waals surface area contributed by atoms with E-state index in [1.807, 2.05) is 105 Å². The summed E-state index contributed by atoms with van der Waals surface area (Å²) in [7, 11) is 5.72. The molecule has 0 saturated carbocycles. The second-order valence-electron chi connectivity index (χ2n) is 11.0. The molecule has 6 aromatic rings. The molecule has 228 valence electrons. The molecule has 0 bridgehead atoms. The highest BCUT2D eigenvalue weighted by Gasteiger charge is 2.13. The summed E-state index contributed by atoms with van der Waals surface area (Å²) < 4.78 is 5.51. The van der Waals surface area contributed by atoms with Gasteiger partial charge in [-0.25, -0.2) is 4.98 Å². The van der Waals surface area contributed by atoms with Gasteiger partial charge < -0.3 is 30.9 Å². The summed E-state index contributed by atoms with van der Waals surface area (Å²) in [6.07, 6.45) is 0. The van der Waals surface area contributed by atoms with E-state index >= 15 is 0 Å². The Hall–Kier alpha value is -5.19. The molecule has 45 heavy (non-hydrogen) atoms. The van der Waals surface area contributed by atoms with Crippen molar-refractivity contribution in [3.8, 4) is 5.75 Å². The number of ether oxygens (including phenoxy) is 1. The predicted molar refractivity (Wildman–Crippen MR) is 185 cm³/mol. The Bertz CT molecular complexity index is 1940. The van der Waals surface area contributed by atoms with Crippen LogP contribution in [-0.4, -0.2) is 58.6 Å². The van der Waals surface area contributed by atoms with E-state index in [2.05, 4.69) is 48.0 Å². The molecule has 1 atom stereocenters. The number of rotatable bonds is 11. The van der Waals surface area contributed by atoms with E-state index in [0.717, 1.165) is 56.8 Å². The van der Waals surface area contributed by atoms with Crippen LogP contribution in [0, 0.1) is 0 Å². The van der Waals surface area contributed by atoms with E-state index in [4.69, 9.17) is 21.3 Å². The lowest BCUT2D eigenvalue weighted by atomic mass is 10.1. The molecule has 2 heterocycles. The summed E-state index contributed by atoms with van der Waals surface area (Å²) in [5.74, 6) is 2.08. The standard InChI is InChI=1S/C34H34ClN9O/c1-21(20-44(2)3)36-32-41-33(38-23-8-6-5-7-9-23)43-34(42-32)39-25-13-11-24(12-14-25)37-31-27-16-10-22(35)18-30(27)40-29-17-15-26(45-4)19-28(29)31/h5-19,21H,20H2,1-4H3,(H,37,40)(H3,36,38,39,41,42,43). The van der Waals surface area contributed by atoms with Crippen LogP contribution < -0.4 is 26.0 Å². The van der Waals surface area contributed by atoms with Crippen molar-refractivity contribution in [2.45, 2.75) is 13.0 Å². The van der Waals surface area contributed by atoms with Gasteiger partial charge in [-0.05, 0) is 93.8 Å². The highest BCUT2D eigenvalue weighted by molar-refractivity contribution is 6.31. The fourth-order valence-electron chi connectivity index (χ4n) is 5.09. The van der Waals surface area contributed by atoms with Crippen molar-refractivity contribution in [3.63, 3.8) is 0 Å². The summed E-state index contributed by atoms with van der Waals surface area (Å²) in [5.41, 5.74) is 5.17. The molecular formula is C34H34ClN9O. The quantitative estimate of drug-likeness (QED) is 0.107. The number of hydrogen-bond donors (Lipinski definition) is 4. The van der Waals surface area contributed by atoms with Gasteiger partial charge >= 0.3 is 0 Å². The maximum absolute atomic E-state index is 6.31. The van der Waals surface area contributed by atoms with Crippen LogP contribution in [0.3, 0.4) is 0 Å². The molecule has 0 aliphatic rings. The van der Waals surface area contributed by atoms with E-state index in [1.165, 1.54) is 0 Å². The SMILES string of the molecule is COc1ccc2nc3cc(Cl)ccc3c(Nc3ccc(Nc4nc(Nc5ccccc5)nc(NC(C)CN(C)C)n4)cc3)c2c1. The Morgan fingerprint density at radius 1 is 0.689 bits per heavy atom. The number of halogens is 1. The number of benzene rings is 4. The molecule has 10 nitrogen and oxygen atoms in total. The number of hydrogen-bond acceptors (Lipinski definition) is 10. The lowest BCUT2D eigenvalue weighted by Gasteiger charge is -2.19. The number of nitrogens with one attached hydrogen (secondary N) is 4. The number of fused-ring (bicyclic) bond motifs is 2. The van der Waals surface area contributed by atoms with Crippen LogP contribution in [0.2, 0.25) is 5.02 Å². The zero-order valence-electron chi connectivity index (χ0n) is 25.5. The molecule has 11 heteroatoms. The topological polar surface area (TPSA) is 112 Å². The average molecular weight is 620 g/mol. The first-order chi connectivity index (χ1) is 21.8. The fraction of sp³-hybridized carbons (Fsp3) is 0.176. The van der Waals surface area contributed by atoms with Crippen LogP contribution in [0.25, 0.3) is 21.8 Å². The number of aromatic nitrogens is 4. The van der Waals surface area contributed by atoms with E-state index < -0.39 is 0 Å². The summed E-state index contributed by atoms with van der Waals surface area (Å²) in [6.45, 7) is 2.92. The first-order valence-electron chi connectivity index (χ1n) is 14.5. The zero-order chi connectivity index (χ0) is 31.3. The number of methoxy groups -OCH3 is 1. The minimum Gasteiger partial charge on any atom is -0.497 e. The Balaban J connectivity index is 1.28. The van der Waals surface area contributed by atoms with Crippen LogP contribution >= 0.6 is 11.6 Å². The second-order valence-corrected chi connectivity index (χ2v) is 11.4. The summed E-state index contributed by atoms with van der Waals surface area (Å²) in [5, 5.41) is 16.1. The van der Waals surface area contributed by atoms with Crippen molar-refractivity contribution in [1.29, 1.82) is 0 Å². The van der Waals surface area contributed by atoms with Gasteiger partial charge in [0.25, 0.3) is 0 Å². The van der Waals surface area contributed by atoms with Crippen molar-refractivity contribution in [2.75, 3.05) is 49.0 Å². The highest BCUT2D eigenvalue weighted by Crippen LogP contribution is 2.36. The Kier molecular flexibility index (Phi) is 8.77. The lowest BCUT2D eigenvalue weighted by molar-refractivity contribution is 0.391. The third kappa shape index (κ3) is 7.31. The van der Waals surface area contributed by atoms with Gasteiger partial charge in [-0.15, -0.1) is 0 Å². The molecular weight excluding hydrogens is 586 g/mol. The van der Waals surface area contributed by atoms with E-state index in [0.29, 0.717) is 22.9 Å². The monoisotopic (exact) mass is 619 g/mol. The third-order valence-corrected chi connectivity index (χ3v) is 7.27. The van der Waals surface area contributed by atoms with Gasteiger partial charge in [-0.2, -0.15) is 15.0 Å². The molecule has 2 aromatic heterocycles. The fourth-order valence-corrected chi connectivity index (χ4v) is 5.25. The van der Waals surface area contributed by atoms with Crippen molar-refractivity contribution >= 4 is 74.0 Å². The number of para-hydroxylation sites is 1. The summed E-state index contributed by atoms with van der Waals surface area (Å²) in [6, 6.07) is 29.4. The highest BCUT2D eigenvalue weighted by atomic mass is 35.5. The minimum atomic E-state index is 0.126. The van der Waals surface area contributed by atoms with Crippen molar-refractivity contribution in [2.24, 2.45) is 0 Å². The van der Waals surface area contributed by atoms with E-state index in [-0.39, 0.29) is 6.04 Å². The van der Waals surface area contributed by atoms with Crippen LogP contribution in [0.4, 0.5) is 40.6 Å². The average Bonchev–Trinajstić information content (AvgIpc) is 3.01. The maximum atomic E-state index is 6.31. The van der Waals surface area contributed by atoms with Crippen LogP contribution in [-0.2, 0) is 0 Å². The first kappa shape index (κ1) is 29.9. The molecule has 4 N–H and O–H groups in total. The minimum absolute atomic E-state index is 0.126. The largest absolute Gasteiger partial charge is 0.497 e. The van der Waals surface area contributed by atoms with Crippen LogP contribution in [0.1, 0.15) is 6.92 Å². The Morgan fingerprint density at radius 3 is 2.00 bits per heavy atom. The van der Waals surface area contributed by atoms with Gasteiger partial charge in [-0.3, -0.25) is 0 Å². The van der Waals surface area contributed by atoms with Crippen LogP contribution in [0.15, 0.2) is 91.0 Å². The van der Waals surface area contributed by atoms with Gasteiger partial charge in [0.1, 0.15) is 5.75 Å². The molecule has 0 fully saturated rings. The van der Waals surface area contributed by atoms with Gasteiger partial charge in [0.05, 0.1) is 23.8 Å². The van der Waals surface area contributed by atoms with Gasteiger partial charge in [0.2, 0.25) is 17.8 Å². The van der Waals surface area contributed by atoms with Gasteiger partial charge in [0, 0.05) is 45.4 Å². The number of likely N-dealkylation sites (N-methyl/N-ethyl adjacent to an activating group) is 1. The predicted octanol–water partition coefficient (Wildman–Crippen LogP) is 7.83. The lowest BCUT2D eigenvalue weighted by Crippen LogP contribution is -2.30. The maximum Gasteiger partial charge on any atom is 0.233 e. The third-order valence-electron chi connectivity index (χ3n) is 7.03. The first-order valence-corrected chi connectivity index (χ1v) is 14.9. The molecule has 0 aliphatic heterocycles. The van der Waals surface area contributed by atoms with Crippen molar-refractivity contribution in [3.05, 3.63) is 96.0 Å². The zero-order valence-corrected chi connectivity index (χ0v) is 26.2. The van der Waals surface area contributed by atoms with Gasteiger partial charge in [0.15, 0.2) is 0 Å². The number of pyridine rings is 1. The summed E-state index contributed by atoms with van der Waals surface area (Å²) in [4.78, 5) is 20.8. The van der Waals surface area contributed by atoms with Gasteiger partial charge in [-0.1, -0.05) is 29.8 Å². The van der Waals surface area contributed by atoms with E-state index in [9.17, 15) is 0 Å². The van der Waals surface area contributed by atoms with E-state index in [1.54, 1.807) is 7.11 Å². The Labute approximate surface area is 266 Å². The summed E-state index contributed by atoms with van der Waals surface area (Å²) >= 11 is 6.31. The molecule has 4 aromatic carbocycles. The Morgan fingerprint density at radius 2 is 1.33 bits per heavy atom. The number of anilines is 7.